The molecule has 3 N–H and O–H groups in total. The highest BCUT2D eigenvalue weighted by Gasteiger charge is 2.27. The molecule has 1 aliphatic carbocycles. The molecule has 18 heavy (non-hydrogen) atoms. The molecule has 1 aromatic rings. The summed E-state index contributed by atoms with van der Waals surface area (Å²) in [5.74, 6) is -0.558. The third-order valence-electron chi connectivity index (χ3n) is 2.27. The number of ether oxygens (including phenoxy) is 1. The van der Waals surface area contributed by atoms with Gasteiger partial charge in [0.05, 0.1) is 30.4 Å². The molecule has 0 atom stereocenters. The molecule has 1 heterocycles. The fourth-order valence-electron chi connectivity index (χ4n) is 1.43. The van der Waals surface area contributed by atoms with E-state index >= 15 is 0 Å². The summed E-state index contributed by atoms with van der Waals surface area (Å²) in [5.41, 5.74) is 5.28. The Morgan fingerprint density at radius 3 is 2.67 bits per heavy atom. The van der Waals surface area contributed by atoms with Crippen LogP contribution in [0.4, 0.5) is 5.69 Å². The van der Waals surface area contributed by atoms with Crippen molar-refractivity contribution < 1.29 is 17.9 Å². The highest BCUT2D eigenvalue weighted by Crippen LogP contribution is 2.31. The Labute approximate surface area is 104 Å². The molecular formula is C10H13N3O4S. The number of primary amides is 1. The van der Waals surface area contributed by atoms with Gasteiger partial charge in [-0.2, -0.15) is 0 Å². The van der Waals surface area contributed by atoms with Crippen LogP contribution in [0.25, 0.3) is 0 Å². The molecular weight excluding hydrogens is 258 g/mol. The molecule has 1 aliphatic rings. The standard InChI is InChI=1S/C10H13N3O4S/c1-18(15,16)13-7-4-12-5-8(9(7)10(11)14)17-6-2-3-6/h4-6,13H,2-3H2,1H3,(H2,11,14). The summed E-state index contributed by atoms with van der Waals surface area (Å²) in [6.45, 7) is 0. The van der Waals surface area contributed by atoms with Crippen LogP contribution in [0.3, 0.4) is 0 Å². The lowest BCUT2D eigenvalue weighted by molar-refractivity contribution is 0.0997. The summed E-state index contributed by atoms with van der Waals surface area (Å²) >= 11 is 0. The molecule has 0 bridgehead atoms. The van der Waals surface area contributed by atoms with E-state index < -0.39 is 15.9 Å². The number of carbonyl (C=O) groups is 1. The van der Waals surface area contributed by atoms with Crippen LogP contribution in [0, 0.1) is 0 Å². The summed E-state index contributed by atoms with van der Waals surface area (Å²) in [6.07, 6.45) is 5.42. The van der Waals surface area contributed by atoms with Gasteiger partial charge in [-0.1, -0.05) is 0 Å². The van der Waals surface area contributed by atoms with Gasteiger partial charge in [-0.25, -0.2) is 8.42 Å². The van der Waals surface area contributed by atoms with Crippen LogP contribution in [0.5, 0.6) is 5.75 Å². The second kappa shape index (κ2) is 4.45. The summed E-state index contributed by atoms with van der Waals surface area (Å²) in [7, 11) is -3.52. The SMILES string of the molecule is CS(=O)(=O)Nc1cncc(OC2CC2)c1C(N)=O. The zero-order valence-corrected chi connectivity index (χ0v) is 10.5. The van der Waals surface area contributed by atoms with Crippen molar-refractivity contribution in [3.63, 3.8) is 0 Å². The van der Waals surface area contributed by atoms with E-state index in [4.69, 9.17) is 10.5 Å². The minimum atomic E-state index is -3.52. The van der Waals surface area contributed by atoms with Crippen molar-refractivity contribution in [1.29, 1.82) is 0 Å². The summed E-state index contributed by atoms with van der Waals surface area (Å²) in [6, 6.07) is 0. The average molecular weight is 271 g/mol. The first-order chi connectivity index (χ1) is 8.37. The lowest BCUT2D eigenvalue weighted by atomic mass is 10.2. The van der Waals surface area contributed by atoms with Crippen LogP contribution in [0.15, 0.2) is 12.4 Å². The monoisotopic (exact) mass is 271 g/mol. The maximum atomic E-state index is 11.4. The zero-order chi connectivity index (χ0) is 13.3. The number of hydrogen-bond acceptors (Lipinski definition) is 5. The number of pyridine rings is 1. The predicted octanol–water partition coefficient (Wildman–Crippen LogP) is 0.0932. The average Bonchev–Trinajstić information content (AvgIpc) is 2.98. The molecule has 1 saturated carbocycles. The maximum Gasteiger partial charge on any atom is 0.254 e. The maximum absolute atomic E-state index is 11.4. The van der Waals surface area contributed by atoms with E-state index in [9.17, 15) is 13.2 Å². The number of nitrogens with two attached hydrogens (primary N) is 1. The van der Waals surface area contributed by atoms with E-state index in [2.05, 4.69) is 9.71 Å². The van der Waals surface area contributed by atoms with Gasteiger partial charge in [0.2, 0.25) is 10.0 Å². The lowest BCUT2D eigenvalue weighted by Crippen LogP contribution is -2.19. The van der Waals surface area contributed by atoms with Gasteiger partial charge in [-0.15, -0.1) is 0 Å². The number of hydrogen-bond donors (Lipinski definition) is 2. The molecule has 1 aromatic heterocycles. The third kappa shape index (κ3) is 3.10. The largest absolute Gasteiger partial charge is 0.488 e. The normalized spacial score (nSPS) is 15.2. The molecule has 0 saturated heterocycles. The molecule has 1 amide bonds. The quantitative estimate of drug-likeness (QED) is 0.788. The van der Waals surface area contributed by atoms with Crippen molar-refractivity contribution >= 4 is 21.6 Å². The van der Waals surface area contributed by atoms with Crippen LogP contribution in [0.1, 0.15) is 23.2 Å². The highest BCUT2D eigenvalue weighted by atomic mass is 32.2. The molecule has 1 fully saturated rings. The smallest absolute Gasteiger partial charge is 0.254 e. The fourth-order valence-corrected chi connectivity index (χ4v) is 1.98. The number of carbonyl (C=O) groups excluding carboxylic acids is 1. The van der Waals surface area contributed by atoms with Crippen molar-refractivity contribution in [2.24, 2.45) is 5.73 Å². The van der Waals surface area contributed by atoms with E-state index in [-0.39, 0.29) is 23.1 Å². The Morgan fingerprint density at radius 2 is 2.17 bits per heavy atom. The van der Waals surface area contributed by atoms with Crippen molar-refractivity contribution in [3.8, 4) is 5.75 Å². The molecule has 7 nitrogen and oxygen atoms in total. The van der Waals surface area contributed by atoms with Crippen LogP contribution < -0.4 is 15.2 Å². The Bertz CT molecular complexity index is 581. The molecule has 0 aliphatic heterocycles. The Kier molecular flexibility index (Phi) is 3.12. The van der Waals surface area contributed by atoms with E-state index in [1.165, 1.54) is 12.4 Å². The van der Waals surface area contributed by atoms with E-state index in [0.29, 0.717) is 0 Å². The van der Waals surface area contributed by atoms with E-state index in [1.807, 2.05) is 0 Å². The number of nitrogens with zero attached hydrogens (tertiary/aromatic N) is 1. The minimum Gasteiger partial charge on any atom is -0.488 e. The molecule has 98 valence electrons. The van der Waals surface area contributed by atoms with Gasteiger partial charge in [0, 0.05) is 0 Å². The first-order valence-corrected chi connectivity index (χ1v) is 7.18. The van der Waals surface area contributed by atoms with Gasteiger partial charge in [-0.05, 0) is 12.8 Å². The summed E-state index contributed by atoms with van der Waals surface area (Å²) in [5, 5.41) is 0. The van der Waals surface area contributed by atoms with E-state index in [0.717, 1.165) is 19.1 Å². The third-order valence-corrected chi connectivity index (χ3v) is 2.86. The van der Waals surface area contributed by atoms with Crippen LogP contribution in [-0.4, -0.2) is 31.7 Å². The second-order valence-electron chi connectivity index (χ2n) is 4.12. The first kappa shape index (κ1) is 12.6. The minimum absolute atomic E-state index is 0.00215. The van der Waals surface area contributed by atoms with Crippen molar-refractivity contribution in [2.75, 3.05) is 11.0 Å². The van der Waals surface area contributed by atoms with Gasteiger partial charge in [0.1, 0.15) is 5.56 Å². The first-order valence-electron chi connectivity index (χ1n) is 5.29. The van der Waals surface area contributed by atoms with Crippen LogP contribution in [-0.2, 0) is 10.0 Å². The van der Waals surface area contributed by atoms with Crippen LogP contribution in [0.2, 0.25) is 0 Å². The van der Waals surface area contributed by atoms with Crippen LogP contribution >= 0.6 is 0 Å². The summed E-state index contributed by atoms with van der Waals surface area (Å²) < 4.78 is 30.0. The van der Waals surface area contributed by atoms with Crippen molar-refractivity contribution in [2.45, 2.75) is 18.9 Å². The predicted molar refractivity (Wildman–Crippen MR) is 64.9 cm³/mol. The zero-order valence-electron chi connectivity index (χ0n) is 9.71. The number of nitrogens with one attached hydrogen (secondary N) is 1. The highest BCUT2D eigenvalue weighted by molar-refractivity contribution is 7.92. The number of aromatic nitrogens is 1. The Hall–Kier alpha value is -1.83. The van der Waals surface area contributed by atoms with E-state index in [1.54, 1.807) is 0 Å². The van der Waals surface area contributed by atoms with Gasteiger partial charge >= 0.3 is 0 Å². The van der Waals surface area contributed by atoms with Gasteiger partial charge in [0.25, 0.3) is 5.91 Å². The number of amides is 1. The fraction of sp³-hybridized carbons (Fsp3) is 0.400. The molecule has 8 heteroatoms. The van der Waals surface area contributed by atoms with Crippen molar-refractivity contribution in [3.05, 3.63) is 18.0 Å². The number of anilines is 1. The number of rotatable bonds is 5. The molecule has 2 rings (SSSR count). The molecule has 0 radical (unpaired) electrons. The summed E-state index contributed by atoms with van der Waals surface area (Å²) in [4.78, 5) is 15.2. The van der Waals surface area contributed by atoms with Crippen molar-refractivity contribution in [1.82, 2.24) is 4.98 Å². The molecule has 0 unspecified atom stereocenters. The second-order valence-corrected chi connectivity index (χ2v) is 5.86. The Balaban J connectivity index is 2.41. The van der Waals surface area contributed by atoms with Gasteiger partial charge in [0.15, 0.2) is 5.75 Å². The molecule has 0 aromatic carbocycles. The topological polar surface area (TPSA) is 111 Å². The Morgan fingerprint density at radius 1 is 1.50 bits per heavy atom. The van der Waals surface area contributed by atoms with Gasteiger partial charge < -0.3 is 10.5 Å². The molecule has 0 spiro atoms. The van der Waals surface area contributed by atoms with Gasteiger partial charge in [-0.3, -0.25) is 14.5 Å². The lowest BCUT2D eigenvalue weighted by Gasteiger charge is -2.12. The number of sulfonamides is 1.